The molecule has 0 rings (SSSR count). The lowest BCUT2D eigenvalue weighted by atomic mass is 9.96. The zero-order valence-electron chi connectivity index (χ0n) is 11.7. The molecule has 17 heavy (non-hydrogen) atoms. The molecule has 1 unspecified atom stereocenters. The first-order valence-electron chi connectivity index (χ1n) is 7.56. The van der Waals surface area contributed by atoms with E-state index >= 15 is 0 Å². The number of rotatable bonds is 13. The zero-order chi connectivity index (χ0) is 12.8. The van der Waals surface area contributed by atoms with Gasteiger partial charge in [0.1, 0.15) is 0 Å². The summed E-state index contributed by atoms with van der Waals surface area (Å²) in [5, 5.41) is 17.9. The number of aliphatic hydroxyl groups excluding tert-OH is 2. The molecule has 0 amide bonds. The van der Waals surface area contributed by atoms with Gasteiger partial charge in [0.15, 0.2) is 0 Å². The van der Waals surface area contributed by atoms with Gasteiger partial charge in [-0.15, -0.1) is 0 Å². The Bertz CT molecular complexity index is 137. The Balaban J connectivity index is 3.25. The first-order valence-corrected chi connectivity index (χ1v) is 7.56. The second-order valence-electron chi connectivity index (χ2n) is 5.18. The van der Waals surface area contributed by atoms with Gasteiger partial charge in [0.05, 0.1) is 0 Å². The maximum atomic E-state index is 9.24. The maximum absolute atomic E-state index is 9.24. The number of hydrogen-bond acceptors (Lipinski definition) is 2. The average molecular weight is 244 g/mol. The number of hydrogen-bond donors (Lipinski definition) is 2. The highest BCUT2D eigenvalue weighted by molar-refractivity contribution is 4.59. The Morgan fingerprint density at radius 3 is 1.76 bits per heavy atom. The van der Waals surface area contributed by atoms with Gasteiger partial charge in [-0.05, 0) is 25.2 Å². The standard InChI is InChI=1S/C15H32O2/c1-2-3-4-5-6-7-8-11-15(14-17)12-9-10-13-16/h15-17H,2-14H2,1H3. The van der Waals surface area contributed by atoms with Crippen LogP contribution in [0.4, 0.5) is 0 Å². The summed E-state index contributed by atoms with van der Waals surface area (Å²) in [6, 6.07) is 0. The summed E-state index contributed by atoms with van der Waals surface area (Å²) >= 11 is 0. The molecule has 0 aromatic heterocycles. The highest BCUT2D eigenvalue weighted by Crippen LogP contribution is 2.17. The quantitative estimate of drug-likeness (QED) is 0.482. The smallest absolute Gasteiger partial charge is 0.0459 e. The van der Waals surface area contributed by atoms with Gasteiger partial charge in [-0.2, -0.15) is 0 Å². The van der Waals surface area contributed by atoms with E-state index < -0.39 is 0 Å². The minimum atomic E-state index is 0.287. The van der Waals surface area contributed by atoms with Crippen molar-refractivity contribution in [3.8, 4) is 0 Å². The number of aliphatic hydroxyl groups is 2. The van der Waals surface area contributed by atoms with Gasteiger partial charge in [0.2, 0.25) is 0 Å². The predicted molar refractivity (Wildman–Crippen MR) is 74.1 cm³/mol. The summed E-state index contributed by atoms with van der Waals surface area (Å²) in [5.41, 5.74) is 0. The molecule has 0 fully saturated rings. The van der Waals surface area contributed by atoms with Crippen LogP contribution < -0.4 is 0 Å². The highest BCUT2D eigenvalue weighted by atomic mass is 16.3. The van der Waals surface area contributed by atoms with Crippen LogP contribution in [0.2, 0.25) is 0 Å². The molecule has 0 spiro atoms. The fraction of sp³-hybridized carbons (Fsp3) is 1.00. The van der Waals surface area contributed by atoms with Crippen molar-refractivity contribution in [2.24, 2.45) is 5.92 Å². The minimum Gasteiger partial charge on any atom is -0.396 e. The van der Waals surface area contributed by atoms with E-state index in [-0.39, 0.29) is 6.61 Å². The fourth-order valence-corrected chi connectivity index (χ4v) is 2.26. The maximum Gasteiger partial charge on any atom is 0.0459 e. The van der Waals surface area contributed by atoms with Gasteiger partial charge in [-0.3, -0.25) is 0 Å². The normalized spacial score (nSPS) is 12.9. The van der Waals surface area contributed by atoms with Gasteiger partial charge in [0, 0.05) is 13.2 Å². The van der Waals surface area contributed by atoms with E-state index in [0.29, 0.717) is 12.5 Å². The lowest BCUT2D eigenvalue weighted by molar-refractivity contribution is 0.199. The van der Waals surface area contributed by atoms with Crippen LogP contribution in [-0.4, -0.2) is 23.4 Å². The lowest BCUT2D eigenvalue weighted by Crippen LogP contribution is -2.06. The van der Waals surface area contributed by atoms with E-state index in [0.717, 1.165) is 25.7 Å². The molecular formula is C15H32O2. The van der Waals surface area contributed by atoms with Crippen molar-refractivity contribution in [3.63, 3.8) is 0 Å². The first kappa shape index (κ1) is 16.9. The molecule has 0 aromatic rings. The van der Waals surface area contributed by atoms with Gasteiger partial charge in [-0.25, -0.2) is 0 Å². The summed E-state index contributed by atoms with van der Waals surface area (Å²) in [6.07, 6.45) is 13.6. The van der Waals surface area contributed by atoms with Gasteiger partial charge < -0.3 is 10.2 Å². The van der Waals surface area contributed by atoms with Gasteiger partial charge in [0.25, 0.3) is 0 Å². The van der Waals surface area contributed by atoms with Crippen LogP contribution in [0.3, 0.4) is 0 Å². The minimum absolute atomic E-state index is 0.287. The summed E-state index contributed by atoms with van der Waals surface area (Å²) in [5.74, 6) is 0.470. The Labute approximate surface area is 107 Å². The Hall–Kier alpha value is -0.0800. The van der Waals surface area contributed by atoms with Crippen molar-refractivity contribution in [3.05, 3.63) is 0 Å². The molecule has 2 nitrogen and oxygen atoms in total. The fourth-order valence-electron chi connectivity index (χ4n) is 2.26. The molecule has 0 aliphatic heterocycles. The molecule has 0 aliphatic rings. The molecule has 0 saturated carbocycles. The third kappa shape index (κ3) is 12.2. The Morgan fingerprint density at radius 1 is 0.706 bits per heavy atom. The zero-order valence-corrected chi connectivity index (χ0v) is 11.7. The summed E-state index contributed by atoms with van der Waals surface area (Å²) in [4.78, 5) is 0. The van der Waals surface area contributed by atoms with Crippen LogP contribution in [0.25, 0.3) is 0 Å². The SMILES string of the molecule is CCCCCCCCCC(CO)CCCCO. The molecule has 1 atom stereocenters. The van der Waals surface area contributed by atoms with E-state index in [1.807, 2.05) is 0 Å². The van der Waals surface area contributed by atoms with E-state index in [2.05, 4.69) is 6.92 Å². The second kappa shape index (κ2) is 14.0. The monoisotopic (exact) mass is 244 g/mol. The van der Waals surface area contributed by atoms with E-state index in [9.17, 15) is 5.11 Å². The summed E-state index contributed by atoms with van der Waals surface area (Å²) in [6.45, 7) is 2.86. The van der Waals surface area contributed by atoms with Gasteiger partial charge >= 0.3 is 0 Å². The van der Waals surface area contributed by atoms with Crippen LogP contribution in [0.5, 0.6) is 0 Å². The molecule has 0 aliphatic carbocycles. The average Bonchev–Trinajstić information content (AvgIpc) is 2.35. The van der Waals surface area contributed by atoms with E-state index in [1.54, 1.807) is 0 Å². The molecule has 2 heteroatoms. The van der Waals surface area contributed by atoms with Crippen LogP contribution in [-0.2, 0) is 0 Å². The molecule has 104 valence electrons. The topological polar surface area (TPSA) is 40.5 Å². The molecule has 2 N–H and O–H groups in total. The first-order chi connectivity index (χ1) is 8.35. The van der Waals surface area contributed by atoms with Crippen molar-refractivity contribution in [1.82, 2.24) is 0 Å². The van der Waals surface area contributed by atoms with E-state index in [1.165, 1.54) is 44.9 Å². The third-order valence-corrected chi connectivity index (χ3v) is 3.49. The lowest BCUT2D eigenvalue weighted by Gasteiger charge is -2.13. The largest absolute Gasteiger partial charge is 0.396 e. The van der Waals surface area contributed by atoms with Crippen LogP contribution in [0, 0.1) is 5.92 Å². The Morgan fingerprint density at radius 2 is 1.24 bits per heavy atom. The van der Waals surface area contributed by atoms with Crippen molar-refractivity contribution >= 4 is 0 Å². The van der Waals surface area contributed by atoms with Gasteiger partial charge in [-0.1, -0.05) is 58.3 Å². The highest BCUT2D eigenvalue weighted by Gasteiger charge is 2.06. The van der Waals surface area contributed by atoms with Crippen LogP contribution in [0.1, 0.15) is 77.6 Å². The third-order valence-electron chi connectivity index (χ3n) is 3.49. The Kier molecular flexibility index (Phi) is 13.9. The molecular weight excluding hydrogens is 212 g/mol. The van der Waals surface area contributed by atoms with Crippen LogP contribution >= 0.6 is 0 Å². The van der Waals surface area contributed by atoms with Crippen molar-refractivity contribution < 1.29 is 10.2 Å². The molecule has 0 aromatic carbocycles. The molecule has 0 saturated heterocycles. The molecule has 0 bridgehead atoms. The predicted octanol–water partition coefficient (Wildman–Crippen LogP) is 3.90. The van der Waals surface area contributed by atoms with E-state index in [4.69, 9.17) is 5.11 Å². The van der Waals surface area contributed by atoms with Crippen molar-refractivity contribution in [2.75, 3.05) is 13.2 Å². The van der Waals surface area contributed by atoms with Crippen molar-refractivity contribution in [2.45, 2.75) is 77.6 Å². The van der Waals surface area contributed by atoms with Crippen molar-refractivity contribution in [1.29, 1.82) is 0 Å². The molecule has 0 heterocycles. The number of unbranched alkanes of at least 4 members (excludes halogenated alkanes) is 7. The summed E-state index contributed by atoms with van der Waals surface area (Å²) < 4.78 is 0. The molecule has 0 radical (unpaired) electrons. The van der Waals surface area contributed by atoms with Crippen LogP contribution in [0.15, 0.2) is 0 Å². The summed E-state index contributed by atoms with van der Waals surface area (Å²) in [7, 11) is 0. The second-order valence-corrected chi connectivity index (χ2v) is 5.18.